The summed E-state index contributed by atoms with van der Waals surface area (Å²) in [6.45, 7) is 0. The molecular weight excluding hydrogens is 358 g/mol. The Morgan fingerprint density at radius 2 is 1.68 bits per heavy atom. The van der Waals surface area contributed by atoms with Crippen molar-refractivity contribution in [1.82, 2.24) is 0 Å². The molecule has 2 nitrogen and oxygen atoms in total. The van der Waals surface area contributed by atoms with Gasteiger partial charge in [0.05, 0.1) is 5.41 Å². The molecule has 2 aliphatic carbocycles. The first-order chi connectivity index (χ1) is 13.6. The van der Waals surface area contributed by atoms with Gasteiger partial charge in [0.25, 0.3) is 0 Å². The van der Waals surface area contributed by atoms with Gasteiger partial charge in [0.1, 0.15) is 17.4 Å². The summed E-state index contributed by atoms with van der Waals surface area (Å²) in [7, 11) is 0. The van der Waals surface area contributed by atoms with Crippen LogP contribution in [0.3, 0.4) is 0 Å². The molecule has 0 saturated heterocycles. The number of ether oxygens (including phenoxy) is 1. The minimum Gasteiger partial charge on any atom is -0.426 e. The molecule has 0 bridgehead atoms. The zero-order chi connectivity index (χ0) is 19.3. The molecule has 0 N–H and O–H groups in total. The number of allylic oxidation sites excluding steroid dienone is 2. The predicted molar refractivity (Wildman–Crippen MR) is 102 cm³/mol. The minimum atomic E-state index is -0.658. The third kappa shape index (κ3) is 2.47. The van der Waals surface area contributed by atoms with Crippen LogP contribution >= 0.6 is 0 Å². The molecule has 1 heterocycles. The van der Waals surface area contributed by atoms with Gasteiger partial charge in [-0.15, -0.1) is 0 Å². The van der Waals surface area contributed by atoms with E-state index >= 15 is 0 Å². The zero-order valence-corrected chi connectivity index (χ0v) is 15.4. The number of halogens is 2. The number of benzene rings is 2. The molecule has 0 aromatic heterocycles. The van der Waals surface area contributed by atoms with Crippen molar-refractivity contribution in [3.8, 4) is 0 Å². The number of carbonyl (C=O) groups excluding carboxylic acids is 1. The molecular formula is C24H20F2O2. The number of esters is 1. The van der Waals surface area contributed by atoms with Gasteiger partial charge in [-0.05, 0) is 60.6 Å². The molecule has 28 heavy (non-hydrogen) atoms. The highest BCUT2D eigenvalue weighted by molar-refractivity contribution is 5.85. The molecule has 1 spiro atoms. The van der Waals surface area contributed by atoms with Crippen LogP contribution in [-0.2, 0) is 9.53 Å². The third-order valence-corrected chi connectivity index (χ3v) is 6.45. The van der Waals surface area contributed by atoms with Crippen molar-refractivity contribution >= 4 is 12.0 Å². The van der Waals surface area contributed by atoms with Gasteiger partial charge in [0.15, 0.2) is 0 Å². The summed E-state index contributed by atoms with van der Waals surface area (Å²) >= 11 is 0. The Hall–Kier alpha value is -2.75. The quantitative estimate of drug-likeness (QED) is 0.608. The lowest BCUT2D eigenvalue weighted by Gasteiger charge is -2.48. The molecule has 0 amide bonds. The molecule has 1 saturated carbocycles. The van der Waals surface area contributed by atoms with E-state index in [9.17, 15) is 13.6 Å². The fourth-order valence-corrected chi connectivity index (χ4v) is 4.92. The van der Waals surface area contributed by atoms with E-state index < -0.39 is 5.41 Å². The Labute approximate surface area is 162 Å². The van der Waals surface area contributed by atoms with Crippen LogP contribution < -0.4 is 0 Å². The molecule has 142 valence electrons. The normalized spacial score (nSPS) is 24.3. The summed E-state index contributed by atoms with van der Waals surface area (Å²) in [6.07, 6.45) is 5.49. The van der Waals surface area contributed by atoms with Gasteiger partial charge < -0.3 is 4.74 Å². The van der Waals surface area contributed by atoms with Crippen LogP contribution in [0.15, 0.2) is 65.4 Å². The maximum Gasteiger partial charge on any atom is 0.318 e. The predicted octanol–water partition coefficient (Wildman–Crippen LogP) is 5.91. The average Bonchev–Trinajstić information content (AvgIpc) is 3.04. The van der Waals surface area contributed by atoms with E-state index in [1.807, 2.05) is 6.07 Å². The second-order valence-corrected chi connectivity index (χ2v) is 7.90. The van der Waals surface area contributed by atoms with E-state index in [0.29, 0.717) is 42.6 Å². The molecule has 1 aliphatic heterocycles. The standard InChI is InChI=1S/C24H20F2O2/c25-19-8-3-1-6-15(19)14-16-10-11-18-21(17-7-2-4-9-20(17)26)24(12-5-13-24)23(27)28-22(16)18/h1-4,6-9,14,21H,5,10-13H2. The maximum absolute atomic E-state index is 14.7. The van der Waals surface area contributed by atoms with Gasteiger partial charge >= 0.3 is 5.97 Å². The summed E-state index contributed by atoms with van der Waals surface area (Å²) in [5.41, 5.74) is 2.16. The smallest absolute Gasteiger partial charge is 0.318 e. The second-order valence-electron chi connectivity index (χ2n) is 7.90. The summed E-state index contributed by atoms with van der Waals surface area (Å²) in [4.78, 5) is 13.0. The lowest BCUT2D eigenvalue weighted by molar-refractivity contribution is -0.160. The summed E-state index contributed by atoms with van der Waals surface area (Å²) in [5.74, 6) is -0.643. The van der Waals surface area contributed by atoms with Crippen LogP contribution in [0.1, 0.15) is 49.1 Å². The van der Waals surface area contributed by atoms with Crippen LogP contribution in [0.2, 0.25) is 0 Å². The summed E-state index contributed by atoms with van der Waals surface area (Å²) in [6, 6.07) is 13.2. The van der Waals surface area contributed by atoms with E-state index in [-0.39, 0.29) is 23.5 Å². The van der Waals surface area contributed by atoms with Crippen molar-refractivity contribution in [3.05, 3.63) is 88.2 Å². The van der Waals surface area contributed by atoms with Crippen LogP contribution in [0.4, 0.5) is 8.78 Å². The van der Waals surface area contributed by atoms with Crippen LogP contribution in [0.5, 0.6) is 0 Å². The van der Waals surface area contributed by atoms with Gasteiger partial charge in [-0.1, -0.05) is 42.8 Å². The molecule has 1 unspecified atom stereocenters. The Morgan fingerprint density at radius 1 is 0.964 bits per heavy atom. The third-order valence-electron chi connectivity index (χ3n) is 6.45. The van der Waals surface area contributed by atoms with Gasteiger partial charge in [-0.2, -0.15) is 0 Å². The lowest BCUT2D eigenvalue weighted by Crippen LogP contribution is -2.47. The largest absolute Gasteiger partial charge is 0.426 e. The molecule has 1 atom stereocenters. The fraction of sp³-hybridized carbons (Fsp3) is 0.292. The molecule has 4 heteroatoms. The maximum atomic E-state index is 14.7. The zero-order valence-electron chi connectivity index (χ0n) is 15.4. The summed E-state index contributed by atoms with van der Waals surface area (Å²) < 4.78 is 34.6. The van der Waals surface area contributed by atoms with E-state index in [4.69, 9.17) is 4.74 Å². The van der Waals surface area contributed by atoms with Crippen molar-refractivity contribution in [2.24, 2.45) is 5.41 Å². The Morgan fingerprint density at radius 3 is 2.36 bits per heavy atom. The van der Waals surface area contributed by atoms with Gasteiger partial charge in [-0.25, -0.2) is 8.78 Å². The number of hydrogen-bond donors (Lipinski definition) is 0. The molecule has 0 radical (unpaired) electrons. The average molecular weight is 378 g/mol. The van der Waals surface area contributed by atoms with Crippen LogP contribution in [0.25, 0.3) is 6.08 Å². The van der Waals surface area contributed by atoms with E-state index in [2.05, 4.69) is 0 Å². The van der Waals surface area contributed by atoms with Crippen LogP contribution in [-0.4, -0.2) is 5.97 Å². The van der Waals surface area contributed by atoms with Crippen LogP contribution in [0, 0.1) is 17.0 Å². The van der Waals surface area contributed by atoms with Crippen molar-refractivity contribution in [2.45, 2.75) is 38.0 Å². The van der Waals surface area contributed by atoms with E-state index in [1.165, 1.54) is 12.1 Å². The number of rotatable bonds is 2. The Bertz CT molecular complexity index is 1030. The van der Waals surface area contributed by atoms with Crippen molar-refractivity contribution in [2.75, 3.05) is 0 Å². The lowest BCUT2D eigenvalue weighted by atomic mass is 9.56. The van der Waals surface area contributed by atoms with Crippen molar-refractivity contribution in [3.63, 3.8) is 0 Å². The SMILES string of the molecule is O=C1OC2=C(CCC2=Cc2ccccc2F)C(c2ccccc2F)C12CCC2. The topological polar surface area (TPSA) is 26.3 Å². The Kier molecular flexibility index (Phi) is 3.97. The number of hydrogen-bond acceptors (Lipinski definition) is 2. The molecule has 2 aromatic carbocycles. The van der Waals surface area contributed by atoms with Gasteiger partial charge in [0, 0.05) is 11.5 Å². The van der Waals surface area contributed by atoms with E-state index in [1.54, 1.807) is 36.4 Å². The molecule has 1 fully saturated rings. The summed E-state index contributed by atoms with van der Waals surface area (Å²) in [5, 5.41) is 0. The number of carbonyl (C=O) groups is 1. The highest BCUT2D eigenvalue weighted by Gasteiger charge is 2.58. The highest BCUT2D eigenvalue weighted by Crippen LogP contribution is 2.61. The minimum absolute atomic E-state index is 0.271. The highest BCUT2D eigenvalue weighted by atomic mass is 19.1. The first-order valence-corrected chi connectivity index (χ1v) is 9.75. The van der Waals surface area contributed by atoms with Gasteiger partial charge in [-0.3, -0.25) is 4.79 Å². The molecule has 2 aromatic rings. The second kappa shape index (κ2) is 6.40. The Balaban J connectivity index is 1.65. The fourth-order valence-electron chi connectivity index (χ4n) is 4.92. The molecule has 3 aliphatic rings. The van der Waals surface area contributed by atoms with Gasteiger partial charge in [0.2, 0.25) is 0 Å². The molecule has 5 rings (SSSR count). The van der Waals surface area contributed by atoms with E-state index in [0.717, 1.165) is 17.6 Å². The van der Waals surface area contributed by atoms with Crippen molar-refractivity contribution in [1.29, 1.82) is 0 Å². The van der Waals surface area contributed by atoms with Crippen molar-refractivity contribution < 1.29 is 18.3 Å². The monoisotopic (exact) mass is 378 g/mol. The first kappa shape index (κ1) is 17.4. The first-order valence-electron chi connectivity index (χ1n) is 9.75.